The Morgan fingerprint density at radius 2 is 0.271 bits per heavy atom. The van der Waals surface area contributed by atoms with Crippen LogP contribution < -0.4 is 17.0 Å². The van der Waals surface area contributed by atoms with Crippen molar-refractivity contribution in [2.45, 2.75) is 341 Å². The van der Waals surface area contributed by atoms with Crippen LogP contribution in [-0.4, -0.2) is 32.2 Å². The molecule has 0 fully saturated rings. The lowest BCUT2D eigenvalue weighted by Crippen LogP contribution is -3.00. The maximum atomic E-state index is 2.31. The van der Waals surface area contributed by atoms with Crippen LogP contribution in [0.2, 0.25) is 0 Å². The summed E-state index contributed by atoms with van der Waals surface area (Å²) in [6.45, 7) is 3.65. The van der Waals surface area contributed by atoms with E-state index >= 15 is 0 Å². The van der Waals surface area contributed by atoms with Crippen molar-refractivity contribution < 1.29 is 21.5 Å². The molecule has 0 aromatic heterocycles. The van der Waals surface area contributed by atoms with Crippen molar-refractivity contribution in [3.8, 4) is 0 Å². The maximum Gasteiger partial charge on any atom is 0.0780 e. The Kier molecular flexibility index (Phi) is 56.9. The van der Waals surface area contributed by atoms with Crippen LogP contribution in [0.25, 0.3) is 0 Å². The first kappa shape index (κ1) is 61.5. The molecule has 2 heteroatoms. The Balaban J connectivity index is 0. The van der Waals surface area contributed by atoms with E-state index in [-0.39, 0.29) is 17.0 Å². The van der Waals surface area contributed by atoms with Gasteiger partial charge < -0.3 is 21.5 Å². The van der Waals surface area contributed by atoms with Crippen molar-refractivity contribution in [2.75, 3.05) is 27.7 Å². The molecule has 0 aliphatic heterocycles. The number of unbranched alkanes of at least 4 members (excludes halogenated alkanes) is 51. The van der Waals surface area contributed by atoms with E-state index in [1.165, 1.54) is 340 Å². The average Bonchev–Trinajstić information content (AvgIpc) is 3.21. The summed E-state index contributed by atoms with van der Waals surface area (Å²) in [4.78, 5) is 0. The van der Waals surface area contributed by atoms with Crippen LogP contribution in [0.1, 0.15) is 341 Å². The Labute approximate surface area is 388 Å². The molecule has 0 radical (unpaired) electrons. The molecule has 0 saturated heterocycles. The third kappa shape index (κ3) is 60.6. The summed E-state index contributed by atoms with van der Waals surface area (Å²) in [5.41, 5.74) is 0. The quantitative estimate of drug-likeness (QED) is 0.0422. The molecular formula is C57H118BrN. The third-order valence-electron chi connectivity index (χ3n) is 13.7. The molecule has 0 saturated carbocycles. The summed E-state index contributed by atoms with van der Waals surface area (Å²) < 4.78 is 1.12. The van der Waals surface area contributed by atoms with Crippen LogP contribution in [0.3, 0.4) is 0 Å². The lowest BCUT2D eigenvalue weighted by atomic mass is 10.0. The van der Waals surface area contributed by atoms with Gasteiger partial charge in [-0.3, -0.25) is 0 Å². The lowest BCUT2D eigenvalue weighted by Gasteiger charge is -2.23. The molecule has 0 rings (SSSR count). The van der Waals surface area contributed by atoms with E-state index in [1.807, 2.05) is 0 Å². The van der Waals surface area contributed by atoms with Gasteiger partial charge in [0.25, 0.3) is 0 Å². The average molecular weight is 897 g/mol. The molecule has 1 nitrogen and oxygen atoms in total. The van der Waals surface area contributed by atoms with Crippen molar-refractivity contribution >= 4 is 0 Å². The van der Waals surface area contributed by atoms with Gasteiger partial charge in [0.1, 0.15) is 0 Å². The van der Waals surface area contributed by atoms with Crippen LogP contribution in [0.4, 0.5) is 0 Å². The van der Waals surface area contributed by atoms with Crippen molar-refractivity contribution in [3.63, 3.8) is 0 Å². The zero-order valence-electron chi connectivity index (χ0n) is 42.3. The molecule has 0 bridgehead atoms. The van der Waals surface area contributed by atoms with Crippen LogP contribution in [0, 0.1) is 0 Å². The molecule has 0 aliphatic rings. The van der Waals surface area contributed by atoms with Gasteiger partial charge in [0, 0.05) is 0 Å². The van der Waals surface area contributed by atoms with Gasteiger partial charge in [-0.2, -0.15) is 0 Å². The Bertz CT molecular complexity index is 699. The molecule has 0 atom stereocenters. The molecule has 0 unspecified atom stereocenters. The fourth-order valence-electron chi connectivity index (χ4n) is 9.50. The highest BCUT2D eigenvalue weighted by Gasteiger charge is 2.05. The second kappa shape index (κ2) is 54.6. The lowest BCUT2D eigenvalue weighted by molar-refractivity contribution is -0.870. The topological polar surface area (TPSA) is 0 Å². The molecule has 59 heavy (non-hydrogen) atoms. The minimum absolute atomic E-state index is 0. The van der Waals surface area contributed by atoms with E-state index in [1.54, 1.807) is 0 Å². The Hall–Kier alpha value is 0.440. The van der Waals surface area contributed by atoms with Crippen LogP contribution in [0.15, 0.2) is 0 Å². The molecule has 0 aliphatic carbocycles. The van der Waals surface area contributed by atoms with E-state index < -0.39 is 0 Å². The minimum atomic E-state index is 0. The monoisotopic (exact) mass is 896 g/mol. The summed E-state index contributed by atoms with van der Waals surface area (Å²) in [5.74, 6) is 0. The van der Waals surface area contributed by atoms with E-state index in [2.05, 4.69) is 28.1 Å². The zero-order chi connectivity index (χ0) is 42.0. The van der Waals surface area contributed by atoms with Crippen molar-refractivity contribution in [2.24, 2.45) is 0 Å². The molecule has 0 spiro atoms. The summed E-state index contributed by atoms with van der Waals surface area (Å²) in [5, 5.41) is 0. The van der Waals surface area contributed by atoms with Crippen LogP contribution >= 0.6 is 0 Å². The van der Waals surface area contributed by atoms with Gasteiger partial charge in [-0.05, 0) is 12.8 Å². The largest absolute Gasteiger partial charge is 1.00 e. The Morgan fingerprint density at radius 3 is 0.373 bits per heavy atom. The number of halogens is 1. The second-order valence-electron chi connectivity index (χ2n) is 21.0. The molecule has 0 amide bonds. The number of nitrogens with zero attached hydrogens (tertiary/aromatic N) is 1. The normalized spacial score (nSPS) is 11.8. The highest BCUT2D eigenvalue weighted by Crippen LogP contribution is 2.19. The number of hydrogen-bond acceptors (Lipinski definition) is 0. The number of quaternary nitrogens is 1. The first-order valence-electron chi connectivity index (χ1n) is 28.4. The fraction of sp³-hybridized carbons (Fsp3) is 1.00. The third-order valence-corrected chi connectivity index (χ3v) is 13.7. The summed E-state index contributed by atoms with van der Waals surface area (Å²) >= 11 is 0. The SMILES string of the molecule is CCCCCCCCCCCCCCCCCCCCCCCCCCCCCCCCCCCCCCCCCCCCCCCCCCCCCC[N+](C)(C)C.[Br-]. The van der Waals surface area contributed by atoms with E-state index in [0.717, 1.165) is 4.48 Å². The highest BCUT2D eigenvalue weighted by molar-refractivity contribution is 4.55. The summed E-state index contributed by atoms with van der Waals surface area (Å²) in [6, 6.07) is 0. The van der Waals surface area contributed by atoms with Crippen molar-refractivity contribution in [1.82, 2.24) is 0 Å². The molecule has 0 N–H and O–H groups in total. The molecule has 0 heterocycles. The van der Waals surface area contributed by atoms with E-state index in [9.17, 15) is 0 Å². The smallest absolute Gasteiger partial charge is 0.0780 e. The minimum Gasteiger partial charge on any atom is -1.00 e. The van der Waals surface area contributed by atoms with Gasteiger partial charge in [0.2, 0.25) is 0 Å². The zero-order valence-corrected chi connectivity index (χ0v) is 43.9. The molecule has 0 aromatic carbocycles. The fourth-order valence-corrected chi connectivity index (χ4v) is 9.50. The highest BCUT2D eigenvalue weighted by atomic mass is 79.9. The van der Waals surface area contributed by atoms with Crippen LogP contribution in [0.5, 0.6) is 0 Å². The Morgan fingerprint density at radius 1 is 0.169 bits per heavy atom. The van der Waals surface area contributed by atoms with Gasteiger partial charge in [-0.15, -0.1) is 0 Å². The predicted octanol–water partition coefficient (Wildman–Crippen LogP) is 18.0. The first-order chi connectivity index (χ1) is 28.6. The first-order valence-corrected chi connectivity index (χ1v) is 28.4. The standard InChI is InChI=1S/C57H118N.BrH/c1-5-6-7-8-9-10-11-12-13-14-15-16-17-18-19-20-21-22-23-24-25-26-27-28-29-30-31-32-33-34-35-36-37-38-39-40-41-42-43-44-45-46-47-48-49-50-51-52-53-54-55-56-57-58(2,3)4;/h5-57H2,1-4H3;1H/q+1;/p-1. The number of rotatable bonds is 53. The predicted molar refractivity (Wildman–Crippen MR) is 269 cm³/mol. The van der Waals surface area contributed by atoms with Gasteiger partial charge in [-0.25, -0.2) is 0 Å². The van der Waals surface area contributed by atoms with Gasteiger partial charge in [-0.1, -0.05) is 328 Å². The number of hydrogen-bond donors (Lipinski definition) is 0. The molecule has 0 aromatic rings. The van der Waals surface area contributed by atoms with Crippen molar-refractivity contribution in [1.29, 1.82) is 0 Å². The molecule has 358 valence electrons. The molecular weight excluding hydrogens is 779 g/mol. The summed E-state index contributed by atoms with van der Waals surface area (Å²) in [7, 11) is 6.94. The van der Waals surface area contributed by atoms with E-state index in [4.69, 9.17) is 0 Å². The van der Waals surface area contributed by atoms with Gasteiger partial charge in [0.05, 0.1) is 27.7 Å². The van der Waals surface area contributed by atoms with Gasteiger partial charge >= 0.3 is 0 Å². The second-order valence-corrected chi connectivity index (χ2v) is 21.0. The summed E-state index contributed by atoms with van der Waals surface area (Å²) in [6.07, 6.45) is 77.3. The van der Waals surface area contributed by atoms with Crippen molar-refractivity contribution in [3.05, 3.63) is 0 Å². The van der Waals surface area contributed by atoms with Gasteiger partial charge in [0.15, 0.2) is 0 Å². The van der Waals surface area contributed by atoms with E-state index in [0.29, 0.717) is 0 Å². The van der Waals surface area contributed by atoms with Crippen LogP contribution in [-0.2, 0) is 0 Å². The maximum absolute atomic E-state index is 2.31.